The molecule has 1 atom stereocenters. The summed E-state index contributed by atoms with van der Waals surface area (Å²) in [4.78, 5) is 20.5. The number of rotatable bonds is 6. The average molecular weight is 341 g/mol. The first-order valence-electron chi connectivity index (χ1n) is 7.68. The zero-order valence-corrected chi connectivity index (χ0v) is 13.2. The molecule has 3 rings (SSSR count). The summed E-state index contributed by atoms with van der Waals surface area (Å²) in [5.41, 5.74) is 1.49. The number of benzene rings is 2. The summed E-state index contributed by atoms with van der Waals surface area (Å²) in [6, 6.07) is 12.7. The number of nitrogens with one attached hydrogen (secondary N) is 1. The number of carbonyl (C=O) groups excluding carboxylic acids is 1. The van der Waals surface area contributed by atoms with Gasteiger partial charge in [-0.25, -0.2) is 9.37 Å². The summed E-state index contributed by atoms with van der Waals surface area (Å²) in [5, 5.41) is 12.5. The lowest BCUT2D eigenvalue weighted by atomic mass is 10.3. The van der Waals surface area contributed by atoms with Gasteiger partial charge in [0.1, 0.15) is 30.0 Å². The molecule has 0 saturated heterocycles. The lowest BCUT2D eigenvalue weighted by Crippen LogP contribution is -2.35. The van der Waals surface area contributed by atoms with Gasteiger partial charge in [-0.1, -0.05) is 12.1 Å². The van der Waals surface area contributed by atoms with Gasteiger partial charge >= 0.3 is 0 Å². The first-order valence-corrected chi connectivity index (χ1v) is 7.68. The maximum atomic E-state index is 12.8. The summed E-state index contributed by atoms with van der Waals surface area (Å²) in [5.74, 6) is -0.358. The molecule has 6 nitrogen and oxygen atoms in total. The minimum atomic E-state index is -0.914. The molecule has 0 fully saturated rings. The highest BCUT2D eigenvalue weighted by Gasteiger charge is 2.12. The Bertz CT molecular complexity index is 871. The fourth-order valence-electron chi connectivity index (χ4n) is 2.15. The summed E-state index contributed by atoms with van der Waals surface area (Å²) >= 11 is 0. The standard InChI is InChI=1S/C18H16FN3O3/c19-12-5-7-14(8-6-12)25-11-13(23)9-21-18(24)17-10-20-15-3-1-2-4-16(15)22-17/h1-8,10,13,23H,9,11H2,(H,21,24). The Hall–Kier alpha value is -3.06. The zero-order chi connectivity index (χ0) is 17.6. The molecular weight excluding hydrogens is 325 g/mol. The summed E-state index contributed by atoms with van der Waals surface area (Å²) in [6.45, 7) is -0.0379. The highest BCUT2D eigenvalue weighted by Crippen LogP contribution is 2.11. The summed E-state index contributed by atoms with van der Waals surface area (Å²) in [6.07, 6.45) is 0.474. The van der Waals surface area contributed by atoms with Crippen molar-refractivity contribution in [1.29, 1.82) is 0 Å². The number of aliphatic hydroxyl groups excluding tert-OH is 1. The maximum absolute atomic E-state index is 12.8. The molecule has 0 aliphatic heterocycles. The van der Waals surface area contributed by atoms with Crippen LogP contribution in [0.1, 0.15) is 10.5 Å². The smallest absolute Gasteiger partial charge is 0.271 e. The van der Waals surface area contributed by atoms with E-state index in [0.717, 1.165) is 0 Å². The molecule has 2 N–H and O–H groups in total. The highest BCUT2D eigenvalue weighted by molar-refractivity contribution is 5.93. The number of ether oxygens (including phenoxy) is 1. The second-order valence-corrected chi connectivity index (χ2v) is 5.37. The lowest BCUT2D eigenvalue weighted by Gasteiger charge is -2.13. The topological polar surface area (TPSA) is 84.3 Å². The van der Waals surface area contributed by atoms with E-state index in [2.05, 4.69) is 15.3 Å². The molecular formula is C18H16FN3O3. The Kier molecular flexibility index (Phi) is 5.15. The van der Waals surface area contributed by atoms with Gasteiger partial charge in [0.25, 0.3) is 5.91 Å². The molecule has 0 spiro atoms. The van der Waals surface area contributed by atoms with Crippen molar-refractivity contribution in [3.8, 4) is 5.75 Å². The van der Waals surface area contributed by atoms with Gasteiger partial charge in [-0.2, -0.15) is 0 Å². The van der Waals surface area contributed by atoms with Gasteiger partial charge in [-0.05, 0) is 36.4 Å². The fourth-order valence-corrected chi connectivity index (χ4v) is 2.15. The van der Waals surface area contributed by atoms with E-state index < -0.39 is 12.0 Å². The van der Waals surface area contributed by atoms with Crippen LogP contribution in [0.5, 0.6) is 5.75 Å². The van der Waals surface area contributed by atoms with Crippen LogP contribution in [0.25, 0.3) is 11.0 Å². The number of carbonyl (C=O) groups is 1. The molecule has 128 valence electrons. The van der Waals surface area contributed by atoms with Crippen LogP contribution in [0.15, 0.2) is 54.7 Å². The molecule has 1 heterocycles. The number of para-hydroxylation sites is 2. The number of hydrogen-bond acceptors (Lipinski definition) is 5. The van der Waals surface area contributed by atoms with E-state index in [1.165, 1.54) is 30.5 Å². The molecule has 7 heteroatoms. The lowest BCUT2D eigenvalue weighted by molar-refractivity contribution is 0.0839. The van der Waals surface area contributed by atoms with Crippen LogP contribution in [-0.4, -0.2) is 40.2 Å². The molecule has 1 aromatic heterocycles. The number of fused-ring (bicyclic) bond motifs is 1. The number of aliphatic hydroxyl groups is 1. The van der Waals surface area contributed by atoms with Gasteiger partial charge in [-0.15, -0.1) is 0 Å². The Labute approximate surface area is 143 Å². The van der Waals surface area contributed by atoms with Crippen LogP contribution in [0.2, 0.25) is 0 Å². The highest BCUT2D eigenvalue weighted by atomic mass is 19.1. The summed E-state index contributed by atoms with van der Waals surface area (Å²) < 4.78 is 18.1. The number of amides is 1. The third kappa shape index (κ3) is 4.48. The van der Waals surface area contributed by atoms with E-state index >= 15 is 0 Å². The molecule has 0 saturated carbocycles. The van der Waals surface area contributed by atoms with Gasteiger partial charge in [0.2, 0.25) is 0 Å². The maximum Gasteiger partial charge on any atom is 0.271 e. The van der Waals surface area contributed by atoms with Crippen LogP contribution in [0, 0.1) is 5.82 Å². The average Bonchev–Trinajstić information content (AvgIpc) is 2.65. The van der Waals surface area contributed by atoms with Crippen LogP contribution in [0.4, 0.5) is 4.39 Å². The van der Waals surface area contributed by atoms with Crippen molar-refractivity contribution in [3.63, 3.8) is 0 Å². The van der Waals surface area contributed by atoms with E-state index in [0.29, 0.717) is 16.8 Å². The number of hydrogen-bond donors (Lipinski definition) is 2. The van der Waals surface area contributed by atoms with E-state index in [9.17, 15) is 14.3 Å². The van der Waals surface area contributed by atoms with Crippen LogP contribution < -0.4 is 10.1 Å². The van der Waals surface area contributed by atoms with Crippen molar-refractivity contribution >= 4 is 16.9 Å². The van der Waals surface area contributed by atoms with E-state index in [1.54, 1.807) is 12.1 Å². The molecule has 0 bridgehead atoms. The van der Waals surface area contributed by atoms with Gasteiger partial charge in [-0.3, -0.25) is 9.78 Å². The Morgan fingerprint density at radius 3 is 2.64 bits per heavy atom. The molecule has 25 heavy (non-hydrogen) atoms. The molecule has 1 amide bonds. The first kappa shape index (κ1) is 16.8. The van der Waals surface area contributed by atoms with Crippen molar-refractivity contribution in [2.45, 2.75) is 6.10 Å². The summed E-state index contributed by atoms with van der Waals surface area (Å²) in [7, 11) is 0. The van der Waals surface area contributed by atoms with Crippen molar-refractivity contribution in [1.82, 2.24) is 15.3 Å². The molecule has 3 aromatic rings. The van der Waals surface area contributed by atoms with Crippen LogP contribution in [-0.2, 0) is 0 Å². The monoisotopic (exact) mass is 341 g/mol. The van der Waals surface area contributed by atoms with Crippen molar-refractivity contribution in [2.24, 2.45) is 0 Å². The molecule has 2 aromatic carbocycles. The van der Waals surface area contributed by atoms with E-state index in [1.807, 2.05) is 12.1 Å². The van der Waals surface area contributed by atoms with Crippen LogP contribution in [0.3, 0.4) is 0 Å². The van der Waals surface area contributed by atoms with Gasteiger partial charge in [0.15, 0.2) is 0 Å². The molecule has 1 unspecified atom stereocenters. The number of aromatic nitrogens is 2. The quantitative estimate of drug-likeness (QED) is 0.716. The fraction of sp³-hybridized carbons (Fsp3) is 0.167. The second kappa shape index (κ2) is 7.67. The largest absolute Gasteiger partial charge is 0.491 e. The Morgan fingerprint density at radius 1 is 1.16 bits per heavy atom. The van der Waals surface area contributed by atoms with Crippen molar-refractivity contribution < 1.29 is 19.0 Å². The Balaban J connectivity index is 1.51. The Morgan fingerprint density at radius 2 is 1.88 bits per heavy atom. The SMILES string of the molecule is O=C(NCC(O)COc1ccc(F)cc1)c1cnc2ccccc2n1. The predicted molar refractivity (Wildman–Crippen MR) is 89.8 cm³/mol. The molecule has 0 aliphatic carbocycles. The number of nitrogens with zero attached hydrogens (tertiary/aromatic N) is 2. The third-order valence-electron chi connectivity index (χ3n) is 3.44. The van der Waals surface area contributed by atoms with E-state index in [-0.39, 0.29) is 24.7 Å². The first-order chi connectivity index (χ1) is 12.1. The molecule has 0 radical (unpaired) electrons. The third-order valence-corrected chi connectivity index (χ3v) is 3.44. The number of halogens is 1. The van der Waals surface area contributed by atoms with Gasteiger partial charge in [0.05, 0.1) is 17.2 Å². The van der Waals surface area contributed by atoms with Crippen LogP contribution >= 0.6 is 0 Å². The van der Waals surface area contributed by atoms with Crippen molar-refractivity contribution in [2.75, 3.05) is 13.2 Å². The van der Waals surface area contributed by atoms with Gasteiger partial charge in [0, 0.05) is 6.54 Å². The minimum Gasteiger partial charge on any atom is -0.491 e. The van der Waals surface area contributed by atoms with Gasteiger partial charge < -0.3 is 15.2 Å². The predicted octanol–water partition coefficient (Wildman–Crippen LogP) is 1.94. The molecule has 0 aliphatic rings. The second-order valence-electron chi connectivity index (χ2n) is 5.37. The van der Waals surface area contributed by atoms with Crippen molar-refractivity contribution in [3.05, 3.63) is 66.2 Å². The van der Waals surface area contributed by atoms with E-state index in [4.69, 9.17) is 4.74 Å². The minimum absolute atomic E-state index is 0.00542. The normalized spacial score (nSPS) is 11.9. The zero-order valence-electron chi connectivity index (χ0n) is 13.2.